The molecule has 0 atom stereocenters. The second kappa shape index (κ2) is 7.39. The Labute approximate surface area is 171 Å². The molecule has 29 heavy (non-hydrogen) atoms. The van der Waals surface area contributed by atoms with Gasteiger partial charge in [-0.05, 0) is 42.5 Å². The zero-order chi connectivity index (χ0) is 20.6. The standard InChI is InChI=1S/C22H13ClFNO3S/c23-15-6-11-20-18(12-15)22(29(27,28)17-9-7-16(24)8-10-17)19(13-25-20)21(26)14-4-2-1-3-5-14/h1-13H. The summed E-state index contributed by atoms with van der Waals surface area (Å²) in [5, 5.41) is 0.530. The Morgan fingerprint density at radius 3 is 2.31 bits per heavy atom. The Bertz CT molecular complexity index is 1340. The molecule has 0 aliphatic heterocycles. The molecule has 3 aromatic carbocycles. The number of aromatic nitrogens is 1. The second-order valence-corrected chi connectivity index (χ2v) is 8.64. The largest absolute Gasteiger partial charge is 0.289 e. The average molecular weight is 426 g/mol. The number of hydrogen-bond acceptors (Lipinski definition) is 4. The molecule has 0 bridgehead atoms. The number of sulfone groups is 1. The first kappa shape index (κ1) is 19.2. The molecule has 1 aromatic heterocycles. The fraction of sp³-hybridized carbons (Fsp3) is 0. The number of rotatable bonds is 4. The number of halogens is 2. The van der Waals surface area contributed by atoms with Gasteiger partial charge >= 0.3 is 0 Å². The number of hydrogen-bond donors (Lipinski definition) is 0. The Hall–Kier alpha value is -3.09. The van der Waals surface area contributed by atoms with Crippen molar-refractivity contribution in [1.29, 1.82) is 0 Å². The lowest BCUT2D eigenvalue weighted by molar-refractivity contribution is 0.103. The van der Waals surface area contributed by atoms with Crippen LogP contribution in [0, 0.1) is 5.82 Å². The van der Waals surface area contributed by atoms with Crippen LogP contribution in [0.15, 0.2) is 88.8 Å². The van der Waals surface area contributed by atoms with Gasteiger partial charge in [0.15, 0.2) is 5.78 Å². The van der Waals surface area contributed by atoms with E-state index in [1.165, 1.54) is 12.3 Å². The van der Waals surface area contributed by atoms with Gasteiger partial charge in [0.25, 0.3) is 0 Å². The van der Waals surface area contributed by atoms with Crippen molar-refractivity contribution in [3.63, 3.8) is 0 Å². The molecule has 0 spiro atoms. The van der Waals surface area contributed by atoms with Crippen LogP contribution in [0.25, 0.3) is 10.9 Å². The van der Waals surface area contributed by atoms with Crippen LogP contribution < -0.4 is 0 Å². The van der Waals surface area contributed by atoms with Crippen molar-refractivity contribution < 1.29 is 17.6 Å². The van der Waals surface area contributed by atoms with Crippen LogP contribution in [0.1, 0.15) is 15.9 Å². The maximum Gasteiger partial charge on any atom is 0.208 e. The zero-order valence-corrected chi connectivity index (χ0v) is 16.4. The van der Waals surface area contributed by atoms with E-state index in [-0.39, 0.29) is 20.7 Å². The van der Waals surface area contributed by atoms with Crippen LogP contribution in [0.2, 0.25) is 5.02 Å². The van der Waals surface area contributed by atoms with Crippen LogP contribution in [0.5, 0.6) is 0 Å². The first-order valence-corrected chi connectivity index (χ1v) is 10.4. The first-order valence-electron chi connectivity index (χ1n) is 8.56. The fourth-order valence-electron chi connectivity index (χ4n) is 3.07. The number of benzene rings is 3. The van der Waals surface area contributed by atoms with Crippen LogP contribution in [-0.2, 0) is 9.84 Å². The van der Waals surface area contributed by atoms with Gasteiger partial charge in [-0.15, -0.1) is 0 Å². The number of carbonyl (C=O) groups is 1. The highest BCUT2D eigenvalue weighted by molar-refractivity contribution is 7.91. The monoisotopic (exact) mass is 425 g/mol. The molecular weight excluding hydrogens is 413 g/mol. The van der Waals surface area contributed by atoms with Gasteiger partial charge in [-0.3, -0.25) is 9.78 Å². The van der Waals surface area contributed by atoms with Crippen molar-refractivity contribution in [2.75, 3.05) is 0 Å². The molecule has 0 unspecified atom stereocenters. The van der Waals surface area contributed by atoms with E-state index in [1.54, 1.807) is 42.5 Å². The van der Waals surface area contributed by atoms with Crippen molar-refractivity contribution in [1.82, 2.24) is 4.98 Å². The van der Waals surface area contributed by atoms with E-state index < -0.39 is 21.4 Å². The van der Waals surface area contributed by atoms with Gasteiger partial charge < -0.3 is 0 Å². The molecule has 4 rings (SSSR count). The summed E-state index contributed by atoms with van der Waals surface area (Å²) in [6.45, 7) is 0. The van der Waals surface area contributed by atoms with E-state index in [9.17, 15) is 17.6 Å². The summed E-state index contributed by atoms with van der Waals surface area (Å²) in [7, 11) is -4.17. The van der Waals surface area contributed by atoms with Crippen molar-refractivity contribution in [2.24, 2.45) is 0 Å². The molecule has 0 fully saturated rings. The molecule has 4 nitrogen and oxygen atoms in total. The zero-order valence-electron chi connectivity index (χ0n) is 14.8. The maximum atomic E-state index is 13.5. The number of pyridine rings is 1. The van der Waals surface area contributed by atoms with Crippen LogP contribution in [0.3, 0.4) is 0 Å². The Morgan fingerprint density at radius 1 is 0.931 bits per heavy atom. The van der Waals surface area contributed by atoms with Gasteiger partial charge in [-0.2, -0.15) is 0 Å². The highest BCUT2D eigenvalue weighted by atomic mass is 35.5. The number of ketones is 1. The molecule has 7 heteroatoms. The van der Waals surface area contributed by atoms with Gasteiger partial charge in [-0.25, -0.2) is 12.8 Å². The maximum absolute atomic E-state index is 13.5. The average Bonchev–Trinajstić information content (AvgIpc) is 2.73. The summed E-state index contributed by atoms with van der Waals surface area (Å²) in [6.07, 6.45) is 1.25. The second-order valence-electron chi connectivity index (χ2n) is 6.31. The predicted molar refractivity (Wildman–Crippen MR) is 108 cm³/mol. The molecule has 4 aromatic rings. The fourth-order valence-corrected chi connectivity index (χ4v) is 4.86. The van der Waals surface area contributed by atoms with Gasteiger partial charge in [0, 0.05) is 22.2 Å². The van der Waals surface area contributed by atoms with Crippen molar-refractivity contribution in [2.45, 2.75) is 9.79 Å². The van der Waals surface area contributed by atoms with Gasteiger partial charge in [0.2, 0.25) is 9.84 Å². The van der Waals surface area contributed by atoms with E-state index in [0.717, 1.165) is 24.3 Å². The highest BCUT2D eigenvalue weighted by Crippen LogP contribution is 2.33. The molecule has 144 valence electrons. The van der Waals surface area contributed by atoms with E-state index in [0.29, 0.717) is 16.1 Å². The number of nitrogens with zero attached hydrogens (tertiary/aromatic N) is 1. The summed E-state index contributed by atoms with van der Waals surface area (Å²) in [5.74, 6) is -1.05. The molecule has 1 heterocycles. The quantitative estimate of drug-likeness (QED) is 0.337. The first-order chi connectivity index (χ1) is 13.9. The summed E-state index contributed by atoms with van der Waals surface area (Å²) in [5.41, 5.74) is 0.626. The normalized spacial score (nSPS) is 11.5. The minimum absolute atomic E-state index is 0.0738. The molecule has 0 saturated carbocycles. The third-order valence-corrected chi connectivity index (χ3v) is 6.56. The number of fused-ring (bicyclic) bond motifs is 1. The third-order valence-electron chi connectivity index (χ3n) is 4.45. The minimum atomic E-state index is -4.17. The van der Waals surface area contributed by atoms with Crippen LogP contribution >= 0.6 is 11.6 Å². The molecule has 0 aliphatic rings. The molecule has 0 saturated heterocycles. The predicted octanol–water partition coefficient (Wildman–Crippen LogP) is 5.09. The van der Waals surface area contributed by atoms with E-state index in [1.807, 2.05) is 0 Å². The van der Waals surface area contributed by atoms with Crippen molar-refractivity contribution in [3.05, 3.63) is 101 Å². The lowest BCUT2D eigenvalue weighted by atomic mass is 10.0. The molecular formula is C22H13ClFNO3S. The van der Waals surface area contributed by atoms with Gasteiger partial charge in [-0.1, -0.05) is 41.9 Å². The van der Waals surface area contributed by atoms with E-state index in [2.05, 4.69) is 4.98 Å². The van der Waals surface area contributed by atoms with Gasteiger partial charge in [0.05, 0.1) is 20.9 Å². The highest BCUT2D eigenvalue weighted by Gasteiger charge is 2.28. The molecule has 0 amide bonds. The van der Waals surface area contributed by atoms with E-state index >= 15 is 0 Å². The Morgan fingerprint density at radius 2 is 1.62 bits per heavy atom. The van der Waals surface area contributed by atoms with Gasteiger partial charge in [0.1, 0.15) is 5.82 Å². The van der Waals surface area contributed by atoms with Crippen molar-refractivity contribution >= 4 is 38.1 Å². The molecule has 0 aliphatic carbocycles. The SMILES string of the molecule is O=C(c1ccccc1)c1cnc2ccc(Cl)cc2c1S(=O)(=O)c1ccc(F)cc1. The van der Waals surface area contributed by atoms with Crippen LogP contribution in [0.4, 0.5) is 4.39 Å². The Kier molecular flexibility index (Phi) is 4.90. The summed E-state index contributed by atoms with van der Waals surface area (Å²) >= 11 is 6.10. The number of carbonyl (C=O) groups excluding carboxylic acids is 1. The van der Waals surface area contributed by atoms with Crippen LogP contribution in [-0.4, -0.2) is 19.2 Å². The lowest BCUT2D eigenvalue weighted by Crippen LogP contribution is -2.12. The lowest BCUT2D eigenvalue weighted by Gasteiger charge is -2.13. The summed E-state index contributed by atoms with van der Waals surface area (Å²) < 4.78 is 40.3. The third kappa shape index (κ3) is 3.52. The van der Waals surface area contributed by atoms with Crippen molar-refractivity contribution in [3.8, 4) is 0 Å². The molecule has 0 N–H and O–H groups in total. The summed E-state index contributed by atoms with van der Waals surface area (Å²) in [4.78, 5) is 17.0. The smallest absolute Gasteiger partial charge is 0.208 e. The minimum Gasteiger partial charge on any atom is -0.289 e. The Balaban J connectivity index is 2.05. The molecule has 0 radical (unpaired) electrons. The summed E-state index contributed by atoms with van der Waals surface area (Å²) in [6, 6.07) is 17.4. The topological polar surface area (TPSA) is 64.1 Å². The van der Waals surface area contributed by atoms with E-state index in [4.69, 9.17) is 11.6 Å².